The van der Waals surface area contributed by atoms with Gasteiger partial charge in [-0.3, -0.25) is 0 Å². The molecule has 4 heteroatoms. The lowest BCUT2D eigenvalue weighted by molar-refractivity contribution is 0.142. The lowest BCUT2D eigenvalue weighted by Gasteiger charge is -2.38. The summed E-state index contributed by atoms with van der Waals surface area (Å²) in [5.74, 6) is 3.97. The van der Waals surface area contributed by atoms with Gasteiger partial charge in [0.15, 0.2) is 5.82 Å². The van der Waals surface area contributed by atoms with Gasteiger partial charge in [-0.15, -0.1) is 0 Å². The van der Waals surface area contributed by atoms with E-state index in [9.17, 15) is 0 Å². The molecule has 3 fully saturated rings. The second-order valence-corrected chi connectivity index (χ2v) is 7.63. The molecule has 3 unspecified atom stereocenters. The van der Waals surface area contributed by atoms with Crippen molar-refractivity contribution in [3.63, 3.8) is 0 Å². The molecular weight excluding hydrogens is 262 g/mol. The van der Waals surface area contributed by atoms with Crippen molar-refractivity contribution in [2.75, 3.05) is 0 Å². The van der Waals surface area contributed by atoms with E-state index in [1.807, 2.05) is 0 Å². The van der Waals surface area contributed by atoms with Gasteiger partial charge in [-0.1, -0.05) is 43.7 Å². The van der Waals surface area contributed by atoms with Crippen LogP contribution >= 0.6 is 0 Å². The van der Waals surface area contributed by atoms with Crippen molar-refractivity contribution in [3.05, 3.63) is 11.7 Å². The molecule has 0 amide bonds. The fourth-order valence-electron chi connectivity index (χ4n) is 4.93. The third-order valence-electron chi connectivity index (χ3n) is 6.27. The molecule has 0 aromatic carbocycles. The summed E-state index contributed by atoms with van der Waals surface area (Å²) in [4.78, 5) is 4.72. The molecule has 3 atom stereocenters. The highest BCUT2D eigenvalue weighted by Gasteiger charge is 2.38. The molecule has 0 bridgehead atoms. The van der Waals surface area contributed by atoms with E-state index in [0.717, 1.165) is 36.4 Å². The Kier molecular flexibility index (Phi) is 3.52. The van der Waals surface area contributed by atoms with Crippen molar-refractivity contribution in [3.8, 4) is 0 Å². The Morgan fingerprint density at radius 3 is 2.52 bits per heavy atom. The van der Waals surface area contributed by atoms with Gasteiger partial charge in [-0.25, -0.2) is 0 Å². The van der Waals surface area contributed by atoms with Crippen LogP contribution in [0.25, 0.3) is 0 Å². The molecule has 1 aromatic rings. The highest BCUT2D eigenvalue weighted by molar-refractivity contribution is 5.08. The third-order valence-corrected chi connectivity index (χ3v) is 6.27. The molecule has 21 heavy (non-hydrogen) atoms. The lowest BCUT2D eigenvalue weighted by atomic mass is 9.67. The molecule has 1 heterocycles. The molecule has 4 rings (SSSR count). The molecule has 116 valence electrons. The maximum Gasteiger partial charge on any atom is 0.229 e. The summed E-state index contributed by atoms with van der Waals surface area (Å²) in [6.07, 6.45) is 13.9. The van der Waals surface area contributed by atoms with E-state index in [1.54, 1.807) is 0 Å². The number of aromatic nitrogens is 2. The van der Waals surface area contributed by atoms with Crippen molar-refractivity contribution in [2.24, 2.45) is 17.6 Å². The fraction of sp³-hybridized carbons (Fsp3) is 0.882. The van der Waals surface area contributed by atoms with Crippen molar-refractivity contribution in [1.29, 1.82) is 0 Å². The summed E-state index contributed by atoms with van der Waals surface area (Å²) >= 11 is 0. The maximum atomic E-state index is 6.44. The summed E-state index contributed by atoms with van der Waals surface area (Å²) in [7, 11) is 0. The summed E-state index contributed by atoms with van der Waals surface area (Å²) in [6, 6.07) is 0. The zero-order chi connectivity index (χ0) is 14.3. The van der Waals surface area contributed by atoms with E-state index in [-0.39, 0.29) is 5.54 Å². The molecule has 0 spiro atoms. The first kappa shape index (κ1) is 13.7. The molecule has 2 N–H and O–H groups in total. The molecule has 0 aliphatic heterocycles. The smallest absolute Gasteiger partial charge is 0.229 e. The maximum absolute atomic E-state index is 6.44. The zero-order valence-electron chi connectivity index (χ0n) is 12.9. The minimum Gasteiger partial charge on any atom is -0.339 e. The average Bonchev–Trinajstić information content (AvgIpc) is 3.17. The van der Waals surface area contributed by atoms with Crippen LogP contribution in [0.4, 0.5) is 0 Å². The first-order valence-electron chi connectivity index (χ1n) is 8.87. The number of fused-ring (bicyclic) bond motifs is 1. The monoisotopic (exact) mass is 289 g/mol. The van der Waals surface area contributed by atoms with Gasteiger partial charge in [0.1, 0.15) is 0 Å². The van der Waals surface area contributed by atoms with Crippen molar-refractivity contribution < 1.29 is 4.52 Å². The normalized spacial score (nSPS) is 35.6. The predicted molar refractivity (Wildman–Crippen MR) is 80.7 cm³/mol. The number of hydrogen-bond donors (Lipinski definition) is 1. The summed E-state index contributed by atoms with van der Waals surface area (Å²) in [5.41, 5.74) is 6.13. The Labute approximate surface area is 126 Å². The third kappa shape index (κ3) is 2.52. The number of hydrogen-bond acceptors (Lipinski definition) is 4. The molecule has 3 aliphatic rings. The molecule has 3 saturated carbocycles. The topological polar surface area (TPSA) is 64.9 Å². The van der Waals surface area contributed by atoms with Crippen LogP contribution in [0.5, 0.6) is 0 Å². The van der Waals surface area contributed by atoms with Crippen molar-refractivity contribution in [1.82, 2.24) is 10.1 Å². The summed E-state index contributed by atoms with van der Waals surface area (Å²) in [6.45, 7) is 0. The summed E-state index contributed by atoms with van der Waals surface area (Å²) < 4.78 is 5.62. The van der Waals surface area contributed by atoms with Gasteiger partial charge in [0.05, 0.1) is 5.54 Å². The van der Waals surface area contributed by atoms with Crippen LogP contribution in [0, 0.1) is 11.8 Å². The Hall–Kier alpha value is -0.900. The van der Waals surface area contributed by atoms with Gasteiger partial charge in [0, 0.05) is 5.92 Å². The van der Waals surface area contributed by atoms with Crippen LogP contribution in [0.2, 0.25) is 0 Å². The number of nitrogens with two attached hydrogens (primary N) is 1. The van der Waals surface area contributed by atoms with E-state index in [0.29, 0.717) is 5.92 Å². The van der Waals surface area contributed by atoms with Crippen LogP contribution in [0.3, 0.4) is 0 Å². The van der Waals surface area contributed by atoms with E-state index in [1.165, 1.54) is 57.8 Å². The highest BCUT2D eigenvalue weighted by atomic mass is 16.5. The van der Waals surface area contributed by atoms with Gasteiger partial charge >= 0.3 is 0 Å². The first-order valence-corrected chi connectivity index (χ1v) is 8.87. The fourth-order valence-corrected chi connectivity index (χ4v) is 4.93. The molecular formula is C17H27N3O. The number of nitrogens with zero attached hydrogens (tertiary/aromatic N) is 2. The van der Waals surface area contributed by atoms with Gasteiger partial charge < -0.3 is 10.3 Å². The summed E-state index contributed by atoms with van der Waals surface area (Å²) in [5, 5.41) is 4.24. The van der Waals surface area contributed by atoms with Gasteiger partial charge in [0.25, 0.3) is 0 Å². The Morgan fingerprint density at radius 1 is 0.952 bits per heavy atom. The van der Waals surface area contributed by atoms with Crippen LogP contribution in [0.15, 0.2) is 4.52 Å². The molecule has 0 radical (unpaired) electrons. The average molecular weight is 289 g/mol. The van der Waals surface area contributed by atoms with E-state index in [4.69, 9.17) is 15.2 Å². The second-order valence-electron chi connectivity index (χ2n) is 7.63. The Morgan fingerprint density at radius 2 is 1.71 bits per heavy atom. The zero-order valence-corrected chi connectivity index (χ0v) is 12.9. The minimum absolute atomic E-state index is 0.316. The van der Waals surface area contributed by atoms with Gasteiger partial charge in [-0.2, -0.15) is 4.98 Å². The second kappa shape index (κ2) is 5.38. The van der Waals surface area contributed by atoms with Crippen LogP contribution < -0.4 is 5.73 Å². The van der Waals surface area contributed by atoms with E-state index in [2.05, 4.69) is 5.16 Å². The first-order chi connectivity index (χ1) is 10.2. The lowest BCUT2D eigenvalue weighted by Crippen LogP contribution is -2.34. The molecule has 0 saturated heterocycles. The Balaban J connectivity index is 1.48. The Bertz CT molecular complexity index is 492. The molecule has 4 nitrogen and oxygen atoms in total. The predicted octanol–water partition coefficient (Wildman–Crippen LogP) is 3.87. The van der Waals surface area contributed by atoms with Crippen molar-refractivity contribution >= 4 is 0 Å². The SMILES string of the molecule is NC1(c2noc(C3CCC4CCCCC4C3)n2)CCCC1. The van der Waals surface area contributed by atoms with Crippen LogP contribution in [-0.2, 0) is 5.54 Å². The van der Waals surface area contributed by atoms with Gasteiger partial charge in [-0.05, 0) is 43.9 Å². The number of rotatable bonds is 2. The van der Waals surface area contributed by atoms with Crippen LogP contribution in [-0.4, -0.2) is 10.1 Å². The standard InChI is InChI=1S/C17H27N3O/c18-17(9-3-4-10-17)16-19-15(21-20-16)14-8-7-12-5-1-2-6-13(12)11-14/h12-14H,1-11,18H2. The molecule has 3 aliphatic carbocycles. The van der Waals surface area contributed by atoms with E-state index >= 15 is 0 Å². The highest BCUT2D eigenvalue weighted by Crippen LogP contribution is 2.46. The van der Waals surface area contributed by atoms with E-state index < -0.39 is 0 Å². The quantitative estimate of drug-likeness (QED) is 0.897. The van der Waals surface area contributed by atoms with Gasteiger partial charge in [0.2, 0.25) is 5.89 Å². The molecule has 1 aromatic heterocycles. The minimum atomic E-state index is -0.316. The largest absolute Gasteiger partial charge is 0.339 e. The van der Waals surface area contributed by atoms with Crippen LogP contribution in [0.1, 0.15) is 88.3 Å². The van der Waals surface area contributed by atoms with Crippen molar-refractivity contribution in [2.45, 2.75) is 82.1 Å².